The molecule has 0 aromatic heterocycles. The van der Waals surface area contributed by atoms with Gasteiger partial charge in [0.25, 0.3) is 5.24 Å². The topological polar surface area (TPSA) is 34.1 Å². The lowest BCUT2D eigenvalue weighted by Crippen LogP contribution is -2.20. The molecule has 0 saturated carbocycles. The molecule has 0 aliphatic carbocycles. The van der Waals surface area contributed by atoms with Crippen LogP contribution in [-0.2, 0) is 12.4 Å². The second-order valence-corrected chi connectivity index (χ2v) is 3.68. The van der Waals surface area contributed by atoms with Gasteiger partial charge in [0.05, 0.1) is 16.7 Å². The average molecular weight is 305 g/mol. The molecule has 1 aromatic carbocycles. The van der Waals surface area contributed by atoms with Gasteiger partial charge in [0.15, 0.2) is 6.29 Å². The number of benzene rings is 1. The van der Waals surface area contributed by atoms with Crippen LogP contribution >= 0.6 is 11.6 Å². The van der Waals surface area contributed by atoms with Crippen molar-refractivity contribution in [2.24, 2.45) is 0 Å². The van der Waals surface area contributed by atoms with E-state index >= 15 is 0 Å². The maximum atomic E-state index is 12.7. The van der Waals surface area contributed by atoms with Crippen LogP contribution < -0.4 is 0 Å². The minimum atomic E-state index is -5.32. The molecule has 0 bridgehead atoms. The Hall–Kier alpha value is -1.57. The first kappa shape index (κ1) is 15.5. The van der Waals surface area contributed by atoms with Gasteiger partial charge in [-0.25, -0.2) is 0 Å². The van der Waals surface area contributed by atoms with Crippen molar-refractivity contribution in [1.29, 1.82) is 0 Å². The second kappa shape index (κ2) is 4.84. The van der Waals surface area contributed by atoms with Crippen molar-refractivity contribution in [3.63, 3.8) is 0 Å². The molecule has 0 amide bonds. The highest BCUT2D eigenvalue weighted by Gasteiger charge is 2.44. The van der Waals surface area contributed by atoms with Crippen molar-refractivity contribution in [1.82, 2.24) is 0 Å². The number of hydrogen-bond acceptors (Lipinski definition) is 2. The molecule has 19 heavy (non-hydrogen) atoms. The van der Waals surface area contributed by atoms with Crippen molar-refractivity contribution in [3.05, 3.63) is 34.4 Å². The molecule has 0 N–H and O–H groups in total. The molecule has 0 aliphatic rings. The summed E-state index contributed by atoms with van der Waals surface area (Å²) < 4.78 is 75.7. The van der Waals surface area contributed by atoms with E-state index in [0.717, 1.165) is 0 Å². The summed E-state index contributed by atoms with van der Waals surface area (Å²) in [6, 6.07) is 0.538. The highest BCUT2D eigenvalue weighted by molar-refractivity contribution is 6.68. The van der Waals surface area contributed by atoms with E-state index in [1.807, 2.05) is 0 Å². The summed E-state index contributed by atoms with van der Waals surface area (Å²) in [4.78, 5) is 21.4. The molecule has 1 rings (SSSR count). The van der Waals surface area contributed by atoms with Gasteiger partial charge in [-0.05, 0) is 17.7 Å². The van der Waals surface area contributed by atoms with Gasteiger partial charge < -0.3 is 0 Å². The second-order valence-electron chi connectivity index (χ2n) is 3.34. The average Bonchev–Trinajstić information content (AvgIpc) is 2.24. The molecule has 0 heterocycles. The van der Waals surface area contributed by atoms with Crippen LogP contribution in [0.3, 0.4) is 0 Å². The van der Waals surface area contributed by atoms with Crippen molar-refractivity contribution in [3.8, 4) is 0 Å². The molecule has 9 heteroatoms. The zero-order chi connectivity index (χ0) is 15.0. The predicted molar refractivity (Wildman–Crippen MR) is 52.0 cm³/mol. The molecule has 0 spiro atoms. The molecule has 0 aliphatic heterocycles. The molecular formula is C10H3ClF6O2. The van der Waals surface area contributed by atoms with E-state index < -0.39 is 39.8 Å². The normalized spacial score (nSPS) is 12.4. The summed E-state index contributed by atoms with van der Waals surface area (Å²) in [6.45, 7) is 0. The Morgan fingerprint density at radius 1 is 1.05 bits per heavy atom. The lowest BCUT2D eigenvalue weighted by molar-refractivity contribution is -0.143. The Bertz CT molecular complexity index is 532. The van der Waals surface area contributed by atoms with E-state index in [2.05, 4.69) is 0 Å². The lowest BCUT2D eigenvalue weighted by atomic mass is 9.96. The fourth-order valence-corrected chi connectivity index (χ4v) is 1.66. The van der Waals surface area contributed by atoms with Crippen LogP contribution in [0.2, 0.25) is 0 Å². The van der Waals surface area contributed by atoms with Crippen LogP contribution in [0.4, 0.5) is 26.3 Å². The zero-order valence-electron chi connectivity index (χ0n) is 8.69. The molecule has 104 valence electrons. The SMILES string of the molecule is O=Cc1ccc(C(F)(F)F)c(C(=O)Cl)c1C(F)(F)F. The van der Waals surface area contributed by atoms with E-state index in [1.54, 1.807) is 0 Å². The third-order valence-electron chi connectivity index (χ3n) is 2.15. The Balaban J connectivity index is 3.85. The maximum absolute atomic E-state index is 12.7. The molecule has 1 aromatic rings. The first-order valence-electron chi connectivity index (χ1n) is 4.46. The number of carbonyl (C=O) groups excluding carboxylic acids is 2. The van der Waals surface area contributed by atoms with E-state index in [-0.39, 0.29) is 12.4 Å². The van der Waals surface area contributed by atoms with Crippen LogP contribution in [0.25, 0.3) is 0 Å². The van der Waals surface area contributed by atoms with Crippen molar-refractivity contribution in [2.75, 3.05) is 0 Å². The van der Waals surface area contributed by atoms with Gasteiger partial charge >= 0.3 is 12.4 Å². The molecule has 0 unspecified atom stereocenters. The minimum Gasteiger partial charge on any atom is -0.298 e. The summed E-state index contributed by atoms with van der Waals surface area (Å²) in [5.74, 6) is 0. The van der Waals surface area contributed by atoms with Gasteiger partial charge in [-0.1, -0.05) is 6.07 Å². The van der Waals surface area contributed by atoms with Crippen LogP contribution in [0, 0.1) is 0 Å². The van der Waals surface area contributed by atoms with Crippen molar-refractivity contribution in [2.45, 2.75) is 12.4 Å². The number of aldehydes is 1. The zero-order valence-corrected chi connectivity index (χ0v) is 9.45. The van der Waals surface area contributed by atoms with Crippen molar-refractivity contribution >= 4 is 23.1 Å². The third-order valence-corrected chi connectivity index (χ3v) is 2.34. The van der Waals surface area contributed by atoms with Crippen molar-refractivity contribution < 1.29 is 35.9 Å². The van der Waals surface area contributed by atoms with Gasteiger partial charge in [0, 0.05) is 5.56 Å². The van der Waals surface area contributed by atoms with E-state index in [1.165, 1.54) is 0 Å². The summed E-state index contributed by atoms with van der Waals surface area (Å²) >= 11 is 4.80. The highest BCUT2D eigenvalue weighted by Crippen LogP contribution is 2.41. The smallest absolute Gasteiger partial charge is 0.298 e. The minimum absolute atomic E-state index is 0.203. The Kier molecular flexibility index (Phi) is 3.94. The van der Waals surface area contributed by atoms with Gasteiger partial charge in [-0.2, -0.15) is 26.3 Å². The lowest BCUT2D eigenvalue weighted by Gasteiger charge is -2.17. The standard InChI is InChI=1S/C10H3ClF6O2/c11-8(19)6-5(9(12,13)14)2-1-4(3-18)7(6)10(15,16)17/h1-3H. The summed E-state index contributed by atoms with van der Waals surface area (Å²) in [5.41, 5.74) is -6.70. The Morgan fingerprint density at radius 2 is 1.58 bits per heavy atom. The summed E-state index contributed by atoms with van der Waals surface area (Å²) in [7, 11) is 0. The number of carbonyl (C=O) groups is 2. The Morgan fingerprint density at radius 3 is 1.89 bits per heavy atom. The van der Waals surface area contributed by atoms with E-state index in [0.29, 0.717) is 6.07 Å². The third kappa shape index (κ3) is 3.06. The first-order valence-corrected chi connectivity index (χ1v) is 4.84. The number of hydrogen-bond donors (Lipinski definition) is 0. The van der Waals surface area contributed by atoms with Gasteiger partial charge in [0.1, 0.15) is 0 Å². The molecule has 2 nitrogen and oxygen atoms in total. The number of halogens is 7. The van der Waals surface area contributed by atoms with Crippen LogP contribution in [0.1, 0.15) is 31.8 Å². The fraction of sp³-hybridized carbons (Fsp3) is 0.200. The summed E-state index contributed by atoms with van der Waals surface area (Å²) in [6.07, 6.45) is -10.8. The number of alkyl halides is 6. The monoisotopic (exact) mass is 304 g/mol. The fourth-order valence-electron chi connectivity index (χ4n) is 1.46. The predicted octanol–water partition coefficient (Wildman–Crippen LogP) is 3.92. The van der Waals surface area contributed by atoms with Crippen LogP contribution in [0.5, 0.6) is 0 Å². The van der Waals surface area contributed by atoms with Crippen LogP contribution in [0.15, 0.2) is 12.1 Å². The van der Waals surface area contributed by atoms with Gasteiger partial charge in [0.2, 0.25) is 0 Å². The quantitative estimate of drug-likeness (QED) is 0.471. The first-order chi connectivity index (χ1) is 8.50. The van der Waals surface area contributed by atoms with E-state index in [9.17, 15) is 35.9 Å². The largest absolute Gasteiger partial charge is 0.417 e. The summed E-state index contributed by atoms with van der Waals surface area (Å²) in [5, 5.41) is -1.94. The Labute approximate surface area is 107 Å². The van der Waals surface area contributed by atoms with Gasteiger partial charge in [-0.3, -0.25) is 9.59 Å². The highest BCUT2D eigenvalue weighted by atomic mass is 35.5. The maximum Gasteiger partial charge on any atom is 0.417 e. The molecule has 0 fully saturated rings. The molecule has 0 radical (unpaired) electrons. The molecule has 0 atom stereocenters. The van der Waals surface area contributed by atoms with Gasteiger partial charge in [-0.15, -0.1) is 0 Å². The number of rotatable bonds is 2. The molecule has 0 saturated heterocycles. The van der Waals surface area contributed by atoms with Crippen LogP contribution in [-0.4, -0.2) is 11.5 Å². The molecular weight excluding hydrogens is 302 g/mol. The van der Waals surface area contributed by atoms with E-state index in [4.69, 9.17) is 11.6 Å².